The molecule has 0 atom stereocenters. The molecule has 0 unspecified atom stereocenters. The summed E-state index contributed by atoms with van der Waals surface area (Å²) in [7, 11) is 0. The third-order valence-electron chi connectivity index (χ3n) is 4.89. The number of halogens is 1. The summed E-state index contributed by atoms with van der Waals surface area (Å²) in [6.07, 6.45) is 3.01. The number of hydrogen-bond donors (Lipinski definition) is 0. The Bertz CT molecular complexity index is 826. The molecular weight excluding hydrogens is 307 g/mol. The first-order chi connectivity index (χ1) is 11.6. The average Bonchev–Trinajstić information content (AvgIpc) is 3.40. The molecule has 1 aromatic carbocycles. The van der Waals surface area contributed by atoms with Crippen molar-refractivity contribution in [1.29, 1.82) is 0 Å². The molecule has 5 nitrogen and oxygen atoms in total. The van der Waals surface area contributed by atoms with Crippen LogP contribution in [0.3, 0.4) is 0 Å². The van der Waals surface area contributed by atoms with Gasteiger partial charge in [0.05, 0.1) is 13.3 Å². The maximum absolute atomic E-state index is 13.3. The Morgan fingerprint density at radius 3 is 2.54 bits per heavy atom. The lowest BCUT2D eigenvalue weighted by Gasteiger charge is -2.38. The maximum Gasteiger partial charge on any atom is 0.259 e. The van der Waals surface area contributed by atoms with Gasteiger partial charge in [-0.1, -0.05) is 6.92 Å². The lowest BCUT2D eigenvalue weighted by atomic mass is 10.2. The molecule has 1 saturated carbocycles. The van der Waals surface area contributed by atoms with Crippen LogP contribution in [0.25, 0.3) is 0 Å². The fourth-order valence-corrected chi connectivity index (χ4v) is 3.39. The molecule has 1 fully saturated rings. The standard InChI is InChI=1S/C18H21FN4O/c1-3-16-12(2)20-18-22(15-6-4-13(19)5-7-15)10-21(14-8-9-14)11-23(18)17(16)24/h4-7,14H,3,8-11H2,1-2H3. The zero-order chi connectivity index (χ0) is 16.8. The van der Waals surface area contributed by atoms with Crippen LogP contribution in [0.15, 0.2) is 29.1 Å². The van der Waals surface area contributed by atoms with Crippen molar-refractivity contribution in [1.82, 2.24) is 14.5 Å². The van der Waals surface area contributed by atoms with E-state index in [1.807, 2.05) is 18.7 Å². The summed E-state index contributed by atoms with van der Waals surface area (Å²) in [5.41, 5.74) is 2.44. The van der Waals surface area contributed by atoms with E-state index in [9.17, 15) is 9.18 Å². The molecule has 126 valence electrons. The van der Waals surface area contributed by atoms with Crippen molar-refractivity contribution in [2.75, 3.05) is 11.6 Å². The summed E-state index contributed by atoms with van der Waals surface area (Å²) >= 11 is 0. The third-order valence-corrected chi connectivity index (χ3v) is 4.89. The molecule has 2 aromatic rings. The predicted molar refractivity (Wildman–Crippen MR) is 90.9 cm³/mol. The lowest BCUT2D eigenvalue weighted by Crippen LogP contribution is -2.48. The van der Waals surface area contributed by atoms with Gasteiger partial charge in [0.1, 0.15) is 5.82 Å². The monoisotopic (exact) mass is 328 g/mol. The molecule has 0 amide bonds. The van der Waals surface area contributed by atoms with Crippen LogP contribution in [0, 0.1) is 12.7 Å². The van der Waals surface area contributed by atoms with Gasteiger partial charge < -0.3 is 0 Å². The fraction of sp³-hybridized carbons (Fsp3) is 0.444. The number of rotatable bonds is 3. The second kappa shape index (κ2) is 5.70. The summed E-state index contributed by atoms with van der Waals surface area (Å²) in [5, 5.41) is 0. The summed E-state index contributed by atoms with van der Waals surface area (Å²) in [6.45, 7) is 5.12. The minimum absolute atomic E-state index is 0.0393. The fourth-order valence-electron chi connectivity index (χ4n) is 3.39. The molecule has 0 saturated heterocycles. The van der Waals surface area contributed by atoms with Crippen LogP contribution < -0.4 is 10.5 Å². The molecule has 6 heteroatoms. The number of anilines is 2. The average molecular weight is 328 g/mol. The van der Waals surface area contributed by atoms with E-state index >= 15 is 0 Å². The highest BCUT2D eigenvalue weighted by Crippen LogP contribution is 2.34. The highest BCUT2D eigenvalue weighted by atomic mass is 19.1. The van der Waals surface area contributed by atoms with Gasteiger partial charge in [-0.15, -0.1) is 0 Å². The van der Waals surface area contributed by atoms with Crippen molar-refractivity contribution in [2.24, 2.45) is 0 Å². The van der Waals surface area contributed by atoms with E-state index < -0.39 is 0 Å². The van der Waals surface area contributed by atoms with Gasteiger partial charge in [-0.2, -0.15) is 0 Å². The number of benzene rings is 1. The molecule has 2 aliphatic rings. The van der Waals surface area contributed by atoms with Crippen LogP contribution in [-0.2, 0) is 13.1 Å². The first kappa shape index (κ1) is 15.3. The molecule has 0 radical (unpaired) electrons. The SMILES string of the molecule is CCc1c(C)nc2n(c1=O)CN(C1CC1)CN2c1ccc(F)cc1. The van der Waals surface area contributed by atoms with Crippen molar-refractivity contribution >= 4 is 11.6 Å². The molecule has 24 heavy (non-hydrogen) atoms. The summed E-state index contributed by atoms with van der Waals surface area (Å²) < 4.78 is 15.1. The first-order valence-corrected chi connectivity index (χ1v) is 8.46. The minimum atomic E-state index is -0.266. The number of nitrogens with zero attached hydrogens (tertiary/aromatic N) is 4. The van der Waals surface area contributed by atoms with Crippen LogP contribution in [0.1, 0.15) is 31.0 Å². The Morgan fingerprint density at radius 2 is 1.92 bits per heavy atom. The van der Waals surface area contributed by atoms with Crippen LogP contribution in [0.5, 0.6) is 0 Å². The Labute approximate surface area is 140 Å². The Balaban J connectivity index is 1.85. The Hall–Kier alpha value is -2.21. The number of aryl methyl sites for hydroxylation is 1. The molecule has 2 heterocycles. The molecule has 4 rings (SSSR count). The number of fused-ring (bicyclic) bond motifs is 1. The summed E-state index contributed by atoms with van der Waals surface area (Å²) in [6, 6.07) is 6.90. The molecule has 1 aliphatic carbocycles. The van der Waals surface area contributed by atoms with Gasteiger partial charge in [-0.25, -0.2) is 9.37 Å². The highest BCUT2D eigenvalue weighted by Gasteiger charge is 2.35. The topological polar surface area (TPSA) is 41.4 Å². The lowest BCUT2D eigenvalue weighted by molar-refractivity contribution is 0.188. The van der Waals surface area contributed by atoms with Crippen LogP contribution in [0.2, 0.25) is 0 Å². The van der Waals surface area contributed by atoms with E-state index in [0.717, 1.165) is 16.9 Å². The second-order valence-electron chi connectivity index (χ2n) is 6.57. The zero-order valence-electron chi connectivity index (χ0n) is 14.0. The summed E-state index contributed by atoms with van der Waals surface area (Å²) in [4.78, 5) is 21.9. The predicted octanol–water partition coefficient (Wildman–Crippen LogP) is 2.78. The molecule has 1 aliphatic heterocycles. The van der Waals surface area contributed by atoms with Crippen molar-refractivity contribution in [3.63, 3.8) is 0 Å². The Kier molecular flexibility index (Phi) is 3.64. The van der Waals surface area contributed by atoms with Crippen molar-refractivity contribution in [2.45, 2.75) is 45.8 Å². The molecule has 1 aromatic heterocycles. The quantitative estimate of drug-likeness (QED) is 0.869. The van der Waals surface area contributed by atoms with E-state index in [0.29, 0.717) is 31.7 Å². The van der Waals surface area contributed by atoms with E-state index in [2.05, 4.69) is 4.90 Å². The van der Waals surface area contributed by atoms with Gasteiger partial charge in [-0.05, 0) is 50.5 Å². The van der Waals surface area contributed by atoms with Gasteiger partial charge in [0, 0.05) is 23.0 Å². The van der Waals surface area contributed by atoms with E-state index in [-0.39, 0.29) is 11.4 Å². The van der Waals surface area contributed by atoms with E-state index in [1.54, 1.807) is 16.7 Å². The van der Waals surface area contributed by atoms with Gasteiger partial charge in [0.15, 0.2) is 0 Å². The minimum Gasteiger partial charge on any atom is -0.298 e. The van der Waals surface area contributed by atoms with Crippen LogP contribution in [-0.4, -0.2) is 27.2 Å². The molecule has 0 spiro atoms. The van der Waals surface area contributed by atoms with Crippen molar-refractivity contribution < 1.29 is 4.39 Å². The second-order valence-corrected chi connectivity index (χ2v) is 6.57. The maximum atomic E-state index is 13.3. The smallest absolute Gasteiger partial charge is 0.259 e. The molecule has 0 N–H and O–H groups in total. The van der Waals surface area contributed by atoms with Gasteiger partial charge in [-0.3, -0.25) is 19.2 Å². The molecule has 0 bridgehead atoms. The van der Waals surface area contributed by atoms with Gasteiger partial charge in [0.25, 0.3) is 5.56 Å². The zero-order valence-corrected chi connectivity index (χ0v) is 14.0. The van der Waals surface area contributed by atoms with Crippen molar-refractivity contribution in [3.05, 3.63) is 51.7 Å². The van der Waals surface area contributed by atoms with E-state index in [4.69, 9.17) is 4.98 Å². The largest absolute Gasteiger partial charge is 0.298 e. The third kappa shape index (κ3) is 2.51. The van der Waals surface area contributed by atoms with Crippen LogP contribution >= 0.6 is 0 Å². The summed E-state index contributed by atoms with van der Waals surface area (Å²) in [5.74, 6) is 0.385. The van der Waals surface area contributed by atoms with Gasteiger partial charge in [0.2, 0.25) is 5.95 Å². The Morgan fingerprint density at radius 1 is 1.21 bits per heavy atom. The van der Waals surface area contributed by atoms with Crippen molar-refractivity contribution in [3.8, 4) is 0 Å². The first-order valence-electron chi connectivity index (χ1n) is 8.46. The number of hydrogen-bond acceptors (Lipinski definition) is 4. The van der Waals surface area contributed by atoms with E-state index in [1.165, 1.54) is 25.0 Å². The van der Waals surface area contributed by atoms with Crippen LogP contribution in [0.4, 0.5) is 16.0 Å². The normalized spacial score (nSPS) is 17.9. The highest BCUT2D eigenvalue weighted by molar-refractivity contribution is 5.58. The van der Waals surface area contributed by atoms with Gasteiger partial charge >= 0.3 is 0 Å². The molecular formula is C18H21FN4O. The number of aromatic nitrogens is 2.